The van der Waals surface area contributed by atoms with E-state index in [-0.39, 0.29) is 24.4 Å². The highest BCUT2D eigenvalue weighted by Crippen LogP contribution is 2.31. The molecule has 1 aliphatic heterocycles. The van der Waals surface area contributed by atoms with Crippen LogP contribution in [0.5, 0.6) is 0 Å². The van der Waals surface area contributed by atoms with Crippen LogP contribution in [-0.4, -0.2) is 46.4 Å². The van der Waals surface area contributed by atoms with E-state index in [0.29, 0.717) is 18.0 Å². The summed E-state index contributed by atoms with van der Waals surface area (Å²) in [4.78, 5) is 2.83. The Bertz CT molecular complexity index is 478. The Balaban J connectivity index is 2.25. The van der Waals surface area contributed by atoms with Crippen LogP contribution >= 0.6 is 12.2 Å². The first-order chi connectivity index (χ1) is 9.91. The SMILES string of the molecule is CC1(C)CN(C(CC(N)=S)c2ccccc2)CC(CO)O1. The Morgan fingerprint density at radius 3 is 2.71 bits per heavy atom. The summed E-state index contributed by atoms with van der Waals surface area (Å²) in [5.41, 5.74) is 6.69. The van der Waals surface area contributed by atoms with Crippen LogP contribution in [0, 0.1) is 0 Å². The number of nitrogens with two attached hydrogens (primary N) is 1. The van der Waals surface area contributed by atoms with Gasteiger partial charge in [-0.15, -0.1) is 0 Å². The highest BCUT2D eigenvalue weighted by Gasteiger charge is 2.36. The van der Waals surface area contributed by atoms with Crippen LogP contribution in [-0.2, 0) is 4.74 Å². The molecule has 1 aromatic rings. The first-order valence-electron chi connectivity index (χ1n) is 7.27. The van der Waals surface area contributed by atoms with E-state index in [1.54, 1.807) is 0 Å². The summed E-state index contributed by atoms with van der Waals surface area (Å²) >= 11 is 5.13. The van der Waals surface area contributed by atoms with Gasteiger partial charge in [-0.3, -0.25) is 4.90 Å². The molecular formula is C16H24N2O2S. The molecule has 2 atom stereocenters. The van der Waals surface area contributed by atoms with Gasteiger partial charge < -0.3 is 15.6 Å². The van der Waals surface area contributed by atoms with Gasteiger partial charge in [0.15, 0.2) is 0 Å². The lowest BCUT2D eigenvalue weighted by molar-refractivity contribution is -0.157. The van der Waals surface area contributed by atoms with Crippen LogP contribution in [0.3, 0.4) is 0 Å². The van der Waals surface area contributed by atoms with Gasteiger partial charge in [-0.25, -0.2) is 0 Å². The summed E-state index contributed by atoms with van der Waals surface area (Å²) in [6.45, 7) is 5.58. The highest BCUT2D eigenvalue weighted by atomic mass is 32.1. The van der Waals surface area contributed by atoms with E-state index in [1.807, 2.05) is 32.0 Å². The smallest absolute Gasteiger partial charge is 0.0940 e. The number of aliphatic hydroxyl groups excluding tert-OH is 1. The number of rotatable bonds is 5. The molecule has 0 radical (unpaired) electrons. The van der Waals surface area contributed by atoms with Gasteiger partial charge in [0, 0.05) is 25.6 Å². The monoisotopic (exact) mass is 308 g/mol. The lowest BCUT2D eigenvalue weighted by Gasteiger charge is -2.45. The Morgan fingerprint density at radius 2 is 2.14 bits per heavy atom. The zero-order chi connectivity index (χ0) is 15.5. The molecule has 0 spiro atoms. The number of nitrogens with zero attached hydrogens (tertiary/aromatic N) is 1. The van der Waals surface area contributed by atoms with Gasteiger partial charge in [-0.1, -0.05) is 42.5 Å². The van der Waals surface area contributed by atoms with E-state index in [4.69, 9.17) is 22.7 Å². The van der Waals surface area contributed by atoms with E-state index in [0.717, 1.165) is 6.54 Å². The largest absolute Gasteiger partial charge is 0.394 e. The molecular weight excluding hydrogens is 284 g/mol. The van der Waals surface area contributed by atoms with Crippen molar-refractivity contribution in [3.63, 3.8) is 0 Å². The molecule has 116 valence electrons. The van der Waals surface area contributed by atoms with Crippen LogP contribution in [0.4, 0.5) is 0 Å². The normalized spacial score (nSPS) is 23.7. The third-order valence-corrected chi connectivity index (χ3v) is 3.90. The van der Waals surface area contributed by atoms with E-state index in [2.05, 4.69) is 17.0 Å². The summed E-state index contributed by atoms with van der Waals surface area (Å²) in [6, 6.07) is 10.4. The van der Waals surface area contributed by atoms with Crippen LogP contribution in [0.2, 0.25) is 0 Å². The molecule has 1 saturated heterocycles. The van der Waals surface area contributed by atoms with Gasteiger partial charge in [0.2, 0.25) is 0 Å². The molecule has 1 aliphatic rings. The van der Waals surface area contributed by atoms with Crippen LogP contribution < -0.4 is 5.73 Å². The quantitative estimate of drug-likeness (QED) is 0.813. The molecule has 1 aromatic carbocycles. The Labute approximate surface area is 131 Å². The summed E-state index contributed by atoms with van der Waals surface area (Å²) in [5.74, 6) is 0. The van der Waals surface area contributed by atoms with Crippen molar-refractivity contribution in [2.24, 2.45) is 5.73 Å². The molecule has 5 heteroatoms. The summed E-state index contributed by atoms with van der Waals surface area (Å²) < 4.78 is 5.89. The number of aliphatic hydroxyl groups is 1. The zero-order valence-corrected chi connectivity index (χ0v) is 13.5. The fourth-order valence-corrected chi connectivity index (χ4v) is 3.15. The van der Waals surface area contributed by atoms with Crippen molar-refractivity contribution in [2.45, 2.75) is 38.0 Å². The third-order valence-electron chi connectivity index (χ3n) is 3.73. The lowest BCUT2D eigenvalue weighted by Crippen LogP contribution is -2.55. The first-order valence-corrected chi connectivity index (χ1v) is 7.68. The maximum absolute atomic E-state index is 9.47. The number of hydrogen-bond donors (Lipinski definition) is 2. The van der Waals surface area contributed by atoms with Crippen LogP contribution in [0.25, 0.3) is 0 Å². The second-order valence-corrected chi connectivity index (χ2v) is 6.73. The second-order valence-electron chi connectivity index (χ2n) is 6.21. The molecule has 0 aliphatic carbocycles. The fraction of sp³-hybridized carbons (Fsp3) is 0.562. The van der Waals surface area contributed by atoms with Gasteiger partial charge in [-0.05, 0) is 19.4 Å². The molecule has 2 unspecified atom stereocenters. The predicted molar refractivity (Wildman–Crippen MR) is 88.2 cm³/mol. The molecule has 1 heterocycles. The van der Waals surface area contributed by atoms with Gasteiger partial charge in [0.1, 0.15) is 0 Å². The van der Waals surface area contributed by atoms with Crippen molar-refractivity contribution in [3.05, 3.63) is 35.9 Å². The Hall–Kier alpha value is -1.01. The number of benzene rings is 1. The van der Waals surface area contributed by atoms with Crippen molar-refractivity contribution >= 4 is 17.2 Å². The first kappa shape index (κ1) is 16.4. The Morgan fingerprint density at radius 1 is 1.48 bits per heavy atom. The van der Waals surface area contributed by atoms with E-state index >= 15 is 0 Å². The number of ether oxygens (including phenoxy) is 1. The van der Waals surface area contributed by atoms with Gasteiger partial charge in [0.05, 0.1) is 23.3 Å². The summed E-state index contributed by atoms with van der Waals surface area (Å²) in [7, 11) is 0. The average molecular weight is 308 g/mol. The summed E-state index contributed by atoms with van der Waals surface area (Å²) in [6.07, 6.45) is 0.458. The second kappa shape index (κ2) is 6.83. The predicted octanol–water partition coefficient (Wildman–Crippen LogP) is 1.88. The topological polar surface area (TPSA) is 58.7 Å². The van der Waals surface area contributed by atoms with Gasteiger partial charge in [-0.2, -0.15) is 0 Å². The third kappa shape index (κ3) is 4.48. The molecule has 0 saturated carbocycles. The van der Waals surface area contributed by atoms with Crippen LogP contribution in [0.1, 0.15) is 31.9 Å². The zero-order valence-electron chi connectivity index (χ0n) is 12.7. The molecule has 0 aromatic heterocycles. The van der Waals surface area contributed by atoms with Crippen molar-refractivity contribution in [2.75, 3.05) is 19.7 Å². The van der Waals surface area contributed by atoms with E-state index < -0.39 is 0 Å². The maximum atomic E-state index is 9.47. The number of thiocarbonyl (C=S) groups is 1. The standard InChI is InChI=1S/C16H24N2O2S/c1-16(2)11-18(9-13(10-19)20-16)14(8-15(17)21)12-6-4-3-5-7-12/h3-7,13-14,19H,8-11H2,1-2H3,(H2,17,21). The fourth-order valence-electron chi connectivity index (χ4n) is 3.00. The molecule has 21 heavy (non-hydrogen) atoms. The van der Waals surface area contributed by atoms with Crippen LogP contribution in [0.15, 0.2) is 30.3 Å². The van der Waals surface area contributed by atoms with Gasteiger partial charge in [0.25, 0.3) is 0 Å². The Kier molecular flexibility index (Phi) is 5.32. The lowest BCUT2D eigenvalue weighted by atomic mass is 9.97. The van der Waals surface area contributed by atoms with Gasteiger partial charge >= 0.3 is 0 Å². The molecule has 3 N–H and O–H groups in total. The molecule has 0 amide bonds. The minimum atomic E-state index is -0.297. The van der Waals surface area contributed by atoms with Crippen molar-refractivity contribution in [1.82, 2.24) is 4.90 Å². The summed E-state index contributed by atoms with van der Waals surface area (Å²) in [5, 5.41) is 9.47. The average Bonchev–Trinajstić information content (AvgIpc) is 2.43. The van der Waals surface area contributed by atoms with E-state index in [9.17, 15) is 5.11 Å². The van der Waals surface area contributed by atoms with Crippen molar-refractivity contribution < 1.29 is 9.84 Å². The molecule has 0 bridgehead atoms. The number of hydrogen-bond acceptors (Lipinski definition) is 4. The minimum absolute atomic E-state index is 0.0223. The van der Waals surface area contributed by atoms with Crippen molar-refractivity contribution in [1.29, 1.82) is 0 Å². The van der Waals surface area contributed by atoms with E-state index in [1.165, 1.54) is 5.56 Å². The number of morpholine rings is 1. The maximum Gasteiger partial charge on any atom is 0.0940 e. The minimum Gasteiger partial charge on any atom is -0.394 e. The molecule has 2 rings (SSSR count). The van der Waals surface area contributed by atoms with Crippen molar-refractivity contribution in [3.8, 4) is 0 Å². The highest BCUT2D eigenvalue weighted by molar-refractivity contribution is 7.80. The molecule has 4 nitrogen and oxygen atoms in total. The molecule has 1 fully saturated rings.